The number of nitrogens with two attached hydrogens (primary N) is 1. The second-order valence-electron chi connectivity index (χ2n) is 7.74. The Morgan fingerprint density at radius 1 is 0.879 bits per heavy atom. The number of carbonyl (C=O) groups is 1. The Morgan fingerprint density at radius 2 is 1.55 bits per heavy atom. The topological polar surface area (TPSA) is 93.2 Å². The molecule has 1 aromatic heterocycles. The third-order valence-electron chi connectivity index (χ3n) is 5.64. The lowest BCUT2D eigenvalue weighted by Crippen LogP contribution is -2.34. The second kappa shape index (κ2) is 8.51. The predicted octanol–water partition coefficient (Wildman–Crippen LogP) is 5.16. The van der Waals surface area contributed by atoms with Gasteiger partial charge in [0, 0.05) is 22.9 Å². The third kappa shape index (κ3) is 3.90. The highest BCUT2D eigenvalue weighted by Gasteiger charge is 2.27. The number of amides is 2. The second-order valence-corrected chi connectivity index (χ2v) is 7.74. The van der Waals surface area contributed by atoms with Gasteiger partial charge in [0.1, 0.15) is 5.75 Å². The summed E-state index contributed by atoms with van der Waals surface area (Å²) in [6.07, 6.45) is 1.87. The molecule has 0 saturated carbocycles. The summed E-state index contributed by atoms with van der Waals surface area (Å²) in [6.45, 7) is 0. The number of nitrogens with one attached hydrogen (secondary N) is 1. The van der Waals surface area contributed by atoms with E-state index in [0.29, 0.717) is 11.3 Å². The number of nitrogens with zero attached hydrogens (tertiary/aromatic N) is 2. The standard InChI is InChI=1S/C27H22N4O2/c28-27(33)29-26(24-21-14-8-7-9-18(21)15-16-23(24)32)22-17-31(20-12-5-2-6-13-20)30-25(22)19-10-3-1-4-11-19/h1-17,26,32H,(H3,28,29,33). The summed E-state index contributed by atoms with van der Waals surface area (Å²) in [7, 11) is 0. The van der Waals surface area contributed by atoms with Gasteiger partial charge in [-0.2, -0.15) is 5.10 Å². The van der Waals surface area contributed by atoms with Crippen LogP contribution in [0.4, 0.5) is 4.79 Å². The van der Waals surface area contributed by atoms with Crippen molar-refractivity contribution in [1.82, 2.24) is 15.1 Å². The van der Waals surface area contributed by atoms with Crippen molar-refractivity contribution in [2.45, 2.75) is 6.04 Å². The van der Waals surface area contributed by atoms with E-state index in [2.05, 4.69) is 5.32 Å². The molecular formula is C27H22N4O2. The number of hydrogen-bond donors (Lipinski definition) is 3. The first kappa shape index (κ1) is 20.3. The molecule has 6 nitrogen and oxygen atoms in total. The highest BCUT2D eigenvalue weighted by atomic mass is 16.3. The van der Waals surface area contributed by atoms with E-state index in [1.165, 1.54) is 0 Å². The van der Waals surface area contributed by atoms with Crippen molar-refractivity contribution in [2.75, 3.05) is 0 Å². The van der Waals surface area contributed by atoms with Gasteiger partial charge in [-0.1, -0.05) is 78.9 Å². The minimum Gasteiger partial charge on any atom is -0.508 e. The number of urea groups is 1. The Labute approximate surface area is 190 Å². The lowest BCUT2D eigenvalue weighted by Gasteiger charge is -2.21. The van der Waals surface area contributed by atoms with Crippen LogP contribution in [0.3, 0.4) is 0 Å². The van der Waals surface area contributed by atoms with E-state index in [-0.39, 0.29) is 5.75 Å². The summed E-state index contributed by atoms with van der Waals surface area (Å²) in [5.74, 6) is 0.0684. The van der Waals surface area contributed by atoms with Gasteiger partial charge in [-0.15, -0.1) is 0 Å². The molecule has 4 aromatic carbocycles. The van der Waals surface area contributed by atoms with Gasteiger partial charge >= 0.3 is 6.03 Å². The molecule has 0 bridgehead atoms. The lowest BCUT2D eigenvalue weighted by atomic mass is 9.91. The molecule has 0 radical (unpaired) electrons. The molecular weight excluding hydrogens is 412 g/mol. The highest BCUT2D eigenvalue weighted by Crippen LogP contribution is 2.39. The average Bonchev–Trinajstić information content (AvgIpc) is 3.29. The number of benzene rings is 4. The Kier molecular flexibility index (Phi) is 5.24. The fourth-order valence-electron chi connectivity index (χ4n) is 4.17. The van der Waals surface area contributed by atoms with Gasteiger partial charge in [0.25, 0.3) is 0 Å². The maximum Gasteiger partial charge on any atom is 0.312 e. The molecule has 0 spiro atoms. The molecule has 0 aliphatic heterocycles. The van der Waals surface area contributed by atoms with Crippen molar-refractivity contribution in [1.29, 1.82) is 0 Å². The molecule has 0 saturated heterocycles. The molecule has 5 rings (SSSR count). The first-order valence-corrected chi connectivity index (χ1v) is 10.6. The zero-order valence-electron chi connectivity index (χ0n) is 17.7. The van der Waals surface area contributed by atoms with Crippen LogP contribution in [-0.4, -0.2) is 20.9 Å². The Morgan fingerprint density at radius 3 is 2.27 bits per heavy atom. The van der Waals surface area contributed by atoms with Crippen molar-refractivity contribution >= 4 is 16.8 Å². The molecule has 1 heterocycles. The molecule has 5 aromatic rings. The van der Waals surface area contributed by atoms with E-state index >= 15 is 0 Å². The van der Waals surface area contributed by atoms with Crippen LogP contribution < -0.4 is 11.1 Å². The average molecular weight is 434 g/mol. The molecule has 0 fully saturated rings. The largest absolute Gasteiger partial charge is 0.508 e. The smallest absolute Gasteiger partial charge is 0.312 e. The number of phenols is 1. The number of aromatic nitrogens is 2. The van der Waals surface area contributed by atoms with E-state index < -0.39 is 12.1 Å². The van der Waals surface area contributed by atoms with E-state index in [4.69, 9.17) is 10.8 Å². The van der Waals surface area contributed by atoms with E-state index in [1.807, 2.05) is 97.2 Å². The van der Waals surface area contributed by atoms with E-state index in [1.54, 1.807) is 10.7 Å². The molecule has 6 heteroatoms. The Bertz CT molecular complexity index is 1430. The summed E-state index contributed by atoms with van der Waals surface area (Å²) in [5.41, 5.74) is 9.34. The molecule has 1 unspecified atom stereocenters. The quantitative estimate of drug-likeness (QED) is 0.357. The van der Waals surface area contributed by atoms with Crippen LogP contribution in [0.25, 0.3) is 27.7 Å². The number of carbonyl (C=O) groups excluding carboxylic acids is 1. The number of hydrogen-bond acceptors (Lipinski definition) is 3. The monoisotopic (exact) mass is 434 g/mol. The van der Waals surface area contributed by atoms with Crippen molar-refractivity contribution in [3.8, 4) is 22.7 Å². The summed E-state index contributed by atoms with van der Waals surface area (Å²) < 4.78 is 1.77. The molecule has 0 aliphatic carbocycles. The van der Waals surface area contributed by atoms with E-state index in [0.717, 1.165) is 27.6 Å². The van der Waals surface area contributed by atoms with E-state index in [9.17, 15) is 9.90 Å². The van der Waals surface area contributed by atoms with Gasteiger partial charge in [0.2, 0.25) is 0 Å². The van der Waals surface area contributed by atoms with Gasteiger partial charge < -0.3 is 16.2 Å². The molecule has 2 amide bonds. The van der Waals surface area contributed by atoms with Crippen LogP contribution in [-0.2, 0) is 0 Å². The van der Waals surface area contributed by atoms with Gasteiger partial charge in [0.15, 0.2) is 0 Å². The number of primary amides is 1. The third-order valence-corrected chi connectivity index (χ3v) is 5.64. The van der Waals surface area contributed by atoms with Crippen LogP contribution in [0.1, 0.15) is 17.2 Å². The Balaban J connectivity index is 1.79. The first-order chi connectivity index (χ1) is 16.1. The maximum atomic E-state index is 12.1. The van der Waals surface area contributed by atoms with Gasteiger partial charge in [-0.25, -0.2) is 9.48 Å². The minimum absolute atomic E-state index is 0.0684. The fraction of sp³-hybridized carbons (Fsp3) is 0.0370. The Hall–Kier alpha value is -4.58. The number of phenolic OH excluding ortho intramolecular Hbond substituents is 1. The number of rotatable bonds is 5. The van der Waals surface area contributed by atoms with Crippen LogP contribution in [0, 0.1) is 0 Å². The zero-order chi connectivity index (χ0) is 22.8. The highest BCUT2D eigenvalue weighted by molar-refractivity contribution is 5.90. The fourth-order valence-corrected chi connectivity index (χ4v) is 4.17. The lowest BCUT2D eigenvalue weighted by molar-refractivity contribution is 0.247. The van der Waals surface area contributed by atoms with Crippen molar-refractivity contribution in [3.05, 3.63) is 114 Å². The summed E-state index contributed by atoms with van der Waals surface area (Å²) in [5, 5.41) is 20.4. The number of aromatic hydroxyl groups is 1. The number of para-hydroxylation sites is 1. The molecule has 162 valence electrons. The maximum absolute atomic E-state index is 12.1. The van der Waals surface area contributed by atoms with Crippen molar-refractivity contribution in [2.24, 2.45) is 5.73 Å². The number of fused-ring (bicyclic) bond motifs is 1. The summed E-state index contributed by atoms with van der Waals surface area (Å²) in [6, 6.07) is 29.3. The van der Waals surface area contributed by atoms with Gasteiger partial charge in [0.05, 0.1) is 17.4 Å². The predicted molar refractivity (Wildman–Crippen MR) is 129 cm³/mol. The zero-order valence-corrected chi connectivity index (χ0v) is 17.7. The van der Waals surface area contributed by atoms with Crippen molar-refractivity contribution < 1.29 is 9.90 Å². The minimum atomic E-state index is -0.721. The van der Waals surface area contributed by atoms with Crippen LogP contribution >= 0.6 is 0 Å². The van der Waals surface area contributed by atoms with Gasteiger partial charge in [-0.05, 0) is 29.0 Å². The van der Waals surface area contributed by atoms with Crippen molar-refractivity contribution in [3.63, 3.8) is 0 Å². The molecule has 0 aliphatic rings. The van der Waals surface area contributed by atoms with Crippen LogP contribution in [0.2, 0.25) is 0 Å². The molecule has 33 heavy (non-hydrogen) atoms. The molecule has 1 atom stereocenters. The normalized spacial score (nSPS) is 11.9. The summed E-state index contributed by atoms with van der Waals surface area (Å²) in [4.78, 5) is 12.1. The first-order valence-electron chi connectivity index (χ1n) is 10.6. The van der Waals surface area contributed by atoms with Gasteiger partial charge in [-0.3, -0.25) is 0 Å². The van der Waals surface area contributed by atoms with Crippen LogP contribution in [0.5, 0.6) is 5.75 Å². The molecule has 4 N–H and O–H groups in total. The van der Waals surface area contributed by atoms with Crippen LogP contribution in [0.15, 0.2) is 103 Å². The SMILES string of the molecule is NC(=O)NC(c1cn(-c2ccccc2)nc1-c1ccccc1)c1c(O)ccc2ccccc12. The summed E-state index contributed by atoms with van der Waals surface area (Å²) >= 11 is 0.